The van der Waals surface area contributed by atoms with Crippen LogP contribution in [0.25, 0.3) is 0 Å². The van der Waals surface area contributed by atoms with Gasteiger partial charge in [-0.25, -0.2) is 0 Å². The normalized spacial score (nSPS) is 13.8. The van der Waals surface area contributed by atoms with Crippen LogP contribution in [0.1, 0.15) is 0 Å². The van der Waals surface area contributed by atoms with E-state index in [0.717, 1.165) is 0 Å². The number of rotatable bonds is 1. The molecule has 0 atom stereocenters. The summed E-state index contributed by atoms with van der Waals surface area (Å²) in [5.74, 6) is 0. The van der Waals surface area contributed by atoms with E-state index in [9.17, 15) is 30.4 Å². The van der Waals surface area contributed by atoms with Crippen molar-refractivity contribution in [1.29, 1.82) is 0 Å². The van der Waals surface area contributed by atoms with Gasteiger partial charge in [-0.3, -0.25) is 4.55 Å². The van der Waals surface area contributed by atoms with Crippen LogP contribution in [-0.4, -0.2) is 62.1 Å². The van der Waals surface area contributed by atoms with Gasteiger partial charge in [-0.2, -0.15) is 30.4 Å². The van der Waals surface area contributed by atoms with E-state index < -0.39 is 21.5 Å². The molecule has 0 aliphatic carbocycles. The molecule has 0 radical (unpaired) electrons. The molecule has 0 heterocycles. The molecule has 0 unspecified atom stereocenters. The SMILES string of the molecule is O=S(=O)(O)C(F)(F)C(F)(F)F.[CaH2]. The van der Waals surface area contributed by atoms with Crippen molar-refractivity contribution in [3.63, 3.8) is 0 Å². The molecule has 0 spiro atoms. The second-order valence-electron chi connectivity index (χ2n) is 1.49. The van der Waals surface area contributed by atoms with Gasteiger partial charge in [0.2, 0.25) is 0 Å². The van der Waals surface area contributed by atoms with E-state index in [4.69, 9.17) is 4.55 Å². The van der Waals surface area contributed by atoms with Crippen molar-refractivity contribution >= 4 is 47.9 Å². The first kappa shape index (κ1) is 15.3. The molecule has 12 heavy (non-hydrogen) atoms. The maximum atomic E-state index is 11.5. The van der Waals surface area contributed by atoms with E-state index in [0.29, 0.717) is 0 Å². The van der Waals surface area contributed by atoms with Gasteiger partial charge < -0.3 is 0 Å². The van der Waals surface area contributed by atoms with E-state index in [-0.39, 0.29) is 37.7 Å². The summed E-state index contributed by atoms with van der Waals surface area (Å²) >= 11 is 0. The molecule has 3 nitrogen and oxygen atoms in total. The molecular formula is C2H3CaF5O3S. The van der Waals surface area contributed by atoms with Crippen LogP contribution in [0, 0.1) is 0 Å². The first-order chi connectivity index (χ1) is 4.50. The molecule has 0 aromatic carbocycles. The van der Waals surface area contributed by atoms with Crippen molar-refractivity contribution in [2.24, 2.45) is 0 Å². The van der Waals surface area contributed by atoms with Crippen molar-refractivity contribution in [2.45, 2.75) is 11.4 Å². The fraction of sp³-hybridized carbons (Fsp3) is 1.00. The monoisotopic (exact) mass is 242 g/mol. The molecule has 0 amide bonds. The zero-order valence-electron chi connectivity index (χ0n) is 4.56. The molecule has 0 rings (SSSR count). The summed E-state index contributed by atoms with van der Waals surface area (Å²) in [4.78, 5) is 0. The van der Waals surface area contributed by atoms with Crippen LogP contribution in [-0.2, 0) is 10.1 Å². The zero-order valence-corrected chi connectivity index (χ0v) is 5.38. The summed E-state index contributed by atoms with van der Waals surface area (Å²) in [6.07, 6.45) is -6.29. The van der Waals surface area contributed by atoms with Crippen molar-refractivity contribution in [1.82, 2.24) is 0 Å². The van der Waals surface area contributed by atoms with E-state index in [1.54, 1.807) is 0 Å². The van der Waals surface area contributed by atoms with Crippen LogP contribution in [0.5, 0.6) is 0 Å². The summed E-state index contributed by atoms with van der Waals surface area (Å²) in [6, 6.07) is 0. The van der Waals surface area contributed by atoms with E-state index in [2.05, 4.69) is 0 Å². The Labute approximate surface area is 93.7 Å². The third kappa shape index (κ3) is 2.95. The van der Waals surface area contributed by atoms with E-state index in [1.807, 2.05) is 0 Å². The van der Waals surface area contributed by atoms with Crippen molar-refractivity contribution in [2.75, 3.05) is 0 Å². The van der Waals surface area contributed by atoms with Gasteiger partial charge in [0.25, 0.3) is 0 Å². The Balaban J connectivity index is 0. The molecule has 10 heteroatoms. The average Bonchev–Trinajstić information content (AvgIpc) is 1.58. The van der Waals surface area contributed by atoms with Crippen LogP contribution in [0.2, 0.25) is 0 Å². The zero-order chi connectivity index (χ0) is 9.50. The number of hydrogen-bond donors (Lipinski definition) is 1. The van der Waals surface area contributed by atoms with Gasteiger partial charge in [0.15, 0.2) is 0 Å². The number of halogens is 5. The predicted molar refractivity (Wildman–Crippen MR) is 31.1 cm³/mol. The number of hydrogen-bond acceptors (Lipinski definition) is 2. The van der Waals surface area contributed by atoms with Gasteiger partial charge in [0.05, 0.1) is 0 Å². The summed E-state index contributed by atoms with van der Waals surface area (Å²) in [7, 11) is -6.42. The van der Waals surface area contributed by atoms with Crippen LogP contribution in [0.15, 0.2) is 0 Å². The summed E-state index contributed by atoms with van der Waals surface area (Å²) in [5, 5.41) is -6.10. The van der Waals surface area contributed by atoms with Gasteiger partial charge in [0, 0.05) is 0 Å². The Morgan fingerprint density at radius 1 is 1.00 bits per heavy atom. The first-order valence-corrected chi connectivity index (χ1v) is 3.36. The molecule has 0 aliphatic heterocycles. The topological polar surface area (TPSA) is 54.4 Å². The minimum absolute atomic E-state index is 0. The Morgan fingerprint density at radius 2 is 1.25 bits per heavy atom. The van der Waals surface area contributed by atoms with Crippen molar-refractivity contribution in [3.05, 3.63) is 0 Å². The predicted octanol–water partition coefficient (Wildman–Crippen LogP) is 0.113. The van der Waals surface area contributed by atoms with Gasteiger partial charge >= 0.3 is 59.3 Å². The third-order valence-corrected chi connectivity index (χ3v) is 1.53. The van der Waals surface area contributed by atoms with Gasteiger partial charge in [-0.15, -0.1) is 0 Å². The third-order valence-electron chi connectivity index (χ3n) is 0.654. The second-order valence-corrected chi connectivity index (χ2v) is 2.95. The molecular weight excluding hydrogens is 239 g/mol. The Morgan fingerprint density at radius 3 is 1.25 bits per heavy atom. The van der Waals surface area contributed by atoms with Crippen LogP contribution >= 0.6 is 0 Å². The molecule has 0 aromatic heterocycles. The maximum absolute atomic E-state index is 11.5. The van der Waals surface area contributed by atoms with Gasteiger partial charge in [0.1, 0.15) is 0 Å². The standard InChI is InChI=1S/C2HF5O3S.Ca.2H/c3-1(4,5)2(6,7)11(8,9)10;;;/h(H,8,9,10);;;. The Kier molecular flexibility index (Phi) is 4.98. The van der Waals surface area contributed by atoms with Crippen molar-refractivity contribution in [3.8, 4) is 0 Å². The molecule has 0 bridgehead atoms. The molecule has 0 saturated heterocycles. The molecule has 1 N–H and O–H groups in total. The van der Waals surface area contributed by atoms with Crippen LogP contribution in [0.3, 0.4) is 0 Å². The molecule has 72 valence electrons. The van der Waals surface area contributed by atoms with Gasteiger partial charge in [-0.1, -0.05) is 0 Å². The number of alkyl halides is 5. The van der Waals surface area contributed by atoms with E-state index >= 15 is 0 Å². The fourth-order valence-corrected chi connectivity index (χ4v) is 0.439. The Hall–Kier alpha value is 0.820. The molecule has 0 aliphatic rings. The van der Waals surface area contributed by atoms with Crippen LogP contribution < -0.4 is 0 Å². The molecule has 0 aromatic rings. The summed E-state index contributed by atoms with van der Waals surface area (Å²) < 4.78 is 82.2. The fourth-order valence-electron chi connectivity index (χ4n) is 0.146. The van der Waals surface area contributed by atoms with Crippen LogP contribution in [0.4, 0.5) is 22.0 Å². The average molecular weight is 242 g/mol. The summed E-state index contributed by atoms with van der Waals surface area (Å²) in [5.41, 5.74) is 0. The minimum atomic E-state index is -6.42. The Bertz CT molecular complexity index is 242. The first-order valence-electron chi connectivity index (χ1n) is 1.91. The molecule has 0 saturated carbocycles. The molecule has 0 fully saturated rings. The van der Waals surface area contributed by atoms with Crippen molar-refractivity contribution < 1.29 is 34.9 Å². The second kappa shape index (κ2) is 3.91. The van der Waals surface area contributed by atoms with E-state index in [1.165, 1.54) is 0 Å². The summed E-state index contributed by atoms with van der Waals surface area (Å²) in [6.45, 7) is 0. The van der Waals surface area contributed by atoms with Gasteiger partial charge in [-0.05, 0) is 0 Å². The quantitative estimate of drug-likeness (QED) is 0.403.